The van der Waals surface area contributed by atoms with E-state index in [0.29, 0.717) is 10.8 Å². The van der Waals surface area contributed by atoms with Gasteiger partial charge in [-0.2, -0.15) is 0 Å². The minimum Gasteiger partial charge on any atom is -0.382 e. The molecule has 3 heterocycles. The molecule has 1 aromatic carbocycles. The number of thiazole rings is 1. The highest BCUT2D eigenvalue weighted by Gasteiger charge is 2.23. The molecule has 2 N–H and O–H groups in total. The van der Waals surface area contributed by atoms with Gasteiger partial charge in [-0.15, -0.1) is 11.3 Å². The smallest absolute Gasteiger partial charge is 0.253 e. The molecule has 0 aliphatic heterocycles. The summed E-state index contributed by atoms with van der Waals surface area (Å²) in [5, 5.41) is 7.48. The zero-order valence-electron chi connectivity index (χ0n) is 19.4. The summed E-state index contributed by atoms with van der Waals surface area (Å²) < 4.78 is 29.3. The van der Waals surface area contributed by atoms with Crippen molar-refractivity contribution in [1.29, 1.82) is 0 Å². The summed E-state index contributed by atoms with van der Waals surface area (Å²) in [4.78, 5) is 34.0. The first-order valence-corrected chi connectivity index (χ1v) is 13.4. The van der Waals surface area contributed by atoms with Gasteiger partial charge in [0.05, 0.1) is 24.1 Å². The zero-order chi connectivity index (χ0) is 25.7. The third-order valence-electron chi connectivity index (χ3n) is 5.17. The summed E-state index contributed by atoms with van der Waals surface area (Å²) in [5.41, 5.74) is 3.72. The highest BCUT2D eigenvalue weighted by Crippen LogP contribution is 2.28. The minimum atomic E-state index is -3.53. The monoisotopic (exact) mass is 525 g/mol. The van der Waals surface area contributed by atoms with Gasteiger partial charge in [-0.25, -0.2) is 13.4 Å². The van der Waals surface area contributed by atoms with Crippen molar-refractivity contribution in [3.63, 3.8) is 0 Å². The Morgan fingerprint density at radius 1 is 1.11 bits per heavy atom. The largest absolute Gasteiger partial charge is 0.382 e. The second-order valence-electron chi connectivity index (χ2n) is 7.82. The molecule has 4 rings (SSSR count). The van der Waals surface area contributed by atoms with Gasteiger partial charge in [0.15, 0.2) is 5.13 Å². The Hall–Kier alpha value is -3.87. The fourth-order valence-electron chi connectivity index (χ4n) is 3.37. The van der Waals surface area contributed by atoms with Gasteiger partial charge in [0.2, 0.25) is 10.0 Å². The Kier molecular flexibility index (Phi) is 7.58. The van der Waals surface area contributed by atoms with Crippen LogP contribution in [0, 0.1) is 0 Å². The van der Waals surface area contributed by atoms with E-state index in [4.69, 9.17) is 4.74 Å². The Morgan fingerprint density at radius 2 is 1.86 bits per heavy atom. The van der Waals surface area contributed by atoms with Crippen LogP contribution in [0.3, 0.4) is 0 Å². The molecule has 0 aliphatic rings. The van der Waals surface area contributed by atoms with Crippen LogP contribution in [0.4, 0.5) is 5.13 Å². The fourth-order valence-corrected chi connectivity index (χ4v) is 4.68. The lowest BCUT2D eigenvalue weighted by molar-refractivity contribution is -0.119. The molecule has 3 aromatic heterocycles. The maximum absolute atomic E-state index is 12.9. The van der Waals surface area contributed by atoms with E-state index in [0.717, 1.165) is 26.9 Å². The van der Waals surface area contributed by atoms with Gasteiger partial charge < -0.3 is 15.4 Å². The van der Waals surface area contributed by atoms with Crippen LogP contribution in [-0.2, 0) is 19.6 Å². The molecule has 10 nitrogen and oxygen atoms in total. The molecular weight excluding hydrogens is 502 g/mol. The van der Waals surface area contributed by atoms with Crippen LogP contribution in [0.25, 0.3) is 22.4 Å². The highest BCUT2D eigenvalue weighted by molar-refractivity contribution is 7.89. The molecule has 12 heteroatoms. The van der Waals surface area contributed by atoms with Gasteiger partial charge in [-0.05, 0) is 35.4 Å². The lowest BCUT2D eigenvalue weighted by atomic mass is 10.0. The van der Waals surface area contributed by atoms with Crippen LogP contribution < -0.4 is 10.6 Å². The summed E-state index contributed by atoms with van der Waals surface area (Å²) in [5.74, 6) is -1.12. The van der Waals surface area contributed by atoms with E-state index in [9.17, 15) is 18.0 Å². The Balaban J connectivity index is 1.45. The predicted molar refractivity (Wildman–Crippen MR) is 137 cm³/mol. The lowest BCUT2D eigenvalue weighted by Gasteiger charge is -2.16. The van der Waals surface area contributed by atoms with Crippen molar-refractivity contribution < 1.29 is 22.7 Å². The number of nitrogens with one attached hydrogen (secondary N) is 2. The number of aromatic nitrogens is 3. The molecule has 0 unspecified atom stereocenters. The molecule has 2 amide bonds. The van der Waals surface area contributed by atoms with Gasteiger partial charge in [0.1, 0.15) is 6.04 Å². The Labute approximate surface area is 212 Å². The number of carbonyl (C=O) groups excluding carboxylic acids is 2. The SMILES string of the molecule is COC[C@H](NC(=O)c1ccn(S(C)(=O)=O)c1)C(=O)Nc1nc(-c2cccc(-c3ccncc3)c2)cs1. The molecule has 0 saturated carbocycles. The van der Waals surface area contributed by atoms with E-state index >= 15 is 0 Å². The summed E-state index contributed by atoms with van der Waals surface area (Å²) in [6, 6.07) is 12.0. The number of amides is 2. The molecule has 0 aliphatic carbocycles. The van der Waals surface area contributed by atoms with Crippen LogP contribution in [0.1, 0.15) is 10.4 Å². The standard InChI is InChI=1S/C24H23N5O5S2/c1-34-14-20(26-22(30)19-8-11-29(13-19)36(2,32)33)23(31)28-24-27-21(15-35-24)18-5-3-4-17(12-18)16-6-9-25-10-7-16/h3-13,15,20H,14H2,1-2H3,(H,26,30)(H,27,28,31)/t20-/m0/s1. The predicted octanol–water partition coefficient (Wildman–Crippen LogP) is 2.86. The van der Waals surface area contributed by atoms with E-state index in [1.54, 1.807) is 12.4 Å². The molecule has 36 heavy (non-hydrogen) atoms. The first-order valence-electron chi connectivity index (χ1n) is 10.7. The van der Waals surface area contributed by atoms with E-state index < -0.39 is 27.9 Å². The quantitative estimate of drug-likeness (QED) is 0.343. The van der Waals surface area contributed by atoms with E-state index in [1.807, 2.05) is 41.8 Å². The van der Waals surface area contributed by atoms with E-state index in [1.165, 1.54) is 36.9 Å². The lowest BCUT2D eigenvalue weighted by Crippen LogP contribution is -2.46. The van der Waals surface area contributed by atoms with Crippen LogP contribution in [-0.4, -0.2) is 60.2 Å². The highest BCUT2D eigenvalue weighted by atomic mass is 32.2. The number of methoxy groups -OCH3 is 1. The van der Waals surface area contributed by atoms with Crippen molar-refractivity contribution in [3.8, 4) is 22.4 Å². The average molecular weight is 526 g/mol. The minimum absolute atomic E-state index is 0.0867. The summed E-state index contributed by atoms with van der Waals surface area (Å²) in [6.45, 7) is -0.0867. The topological polar surface area (TPSA) is 132 Å². The van der Waals surface area contributed by atoms with Crippen molar-refractivity contribution in [3.05, 3.63) is 78.2 Å². The number of ether oxygens (including phenoxy) is 1. The van der Waals surface area contributed by atoms with E-state index in [2.05, 4.69) is 20.6 Å². The van der Waals surface area contributed by atoms with Gasteiger partial charge in [-0.1, -0.05) is 18.2 Å². The van der Waals surface area contributed by atoms with Crippen molar-refractivity contribution >= 4 is 38.3 Å². The second-order valence-corrected chi connectivity index (χ2v) is 10.6. The molecule has 0 saturated heterocycles. The number of benzene rings is 1. The third kappa shape index (κ3) is 6.03. The van der Waals surface area contributed by atoms with Crippen molar-refractivity contribution in [1.82, 2.24) is 19.3 Å². The molecule has 0 fully saturated rings. The van der Waals surface area contributed by atoms with Gasteiger partial charge in [-0.3, -0.25) is 18.5 Å². The van der Waals surface area contributed by atoms with Crippen molar-refractivity contribution in [2.24, 2.45) is 0 Å². The van der Waals surface area contributed by atoms with Crippen LogP contribution in [0.2, 0.25) is 0 Å². The van der Waals surface area contributed by atoms with Crippen molar-refractivity contribution in [2.45, 2.75) is 6.04 Å². The van der Waals surface area contributed by atoms with Crippen LogP contribution >= 0.6 is 11.3 Å². The molecule has 0 spiro atoms. The summed E-state index contributed by atoms with van der Waals surface area (Å²) in [7, 11) is -2.12. The molecular formula is C24H23N5O5S2. The number of hydrogen-bond donors (Lipinski definition) is 2. The van der Waals surface area contributed by atoms with Gasteiger partial charge in [0, 0.05) is 42.8 Å². The zero-order valence-corrected chi connectivity index (χ0v) is 21.0. The van der Waals surface area contributed by atoms with E-state index in [-0.39, 0.29) is 12.2 Å². The molecule has 4 aromatic rings. The first kappa shape index (κ1) is 25.2. The average Bonchev–Trinajstić information content (AvgIpc) is 3.55. The third-order valence-corrected chi connectivity index (χ3v) is 6.92. The fraction of sp³-hybridized carbons (Fsp3) is 0.167. The number of rotatable bonds is 9. The van der Waals surface area contributed by atoms with Gasteiger partial charge >= 0.3 is 0 Å². The number of hydrogen-bond acceptors (Lipinski definition) is 8. The van der Waals surface area contributed by atoms with Crippen molar-refractivity contribution in [2.75, 3.05) is 25.3 Å². The first-order chi connectivity index (χ1) is 17.2. The number of anilines is 1. The Bertz CT molecular complexity index is 1480. The Morgan fingerprint density at radius 3 is 2.56 bits per heavy atom. The summed E-state index contributed by atoms with van der Waals surface area (Å²) >= 11 is 1.25. The molecule has 186 valence electrons. The molecule has 0 radical (unpaired) electrons. The van der Waals surface area contributed by atoms with Crippen LogP contribution in [0.5, 0.6) is 0 Å². The molecule has 0 bridgehead atoms. The number of nitrogens with zero attached hydrogens (tertiary/aromatic N) is 3. The normalized spacial score (nSPS) is 12.2. The summed E-state index contributed by atoms with van der Waals surface area (Å²) in [6.07, 6.45) is 6.92. The molecule has 1 atom stereocenters. The van der Waals surface area contributed by atoms with Gasteiger partial charge in [0.25, 0.3) is 11.8 Å². The number of pyridine rings is 1. The van der Waals surface area contributed by atoms with Crippen LogP contribution in [0.15, 0.2) is 72.6 Å². The maximum Gasteiger partial charge on any atom is 0.253 e. The second kappa shape index (κ2) is 10.8. The maximum atomic E-state index is 12.9. The number of carbonyl (C=O) groups is 2.